The summed E-state index contributed by atoms with van der Waals surface area (Å²) in [7, 11) is 0. The molecule has 208 valence electrons. The summed E-state index contributed by atoms with van der Waals surface area (Å²) in [4.78, 5) is 45.2. The Morgan fingerprint density at radius 3 is 2.64 bits per heavy atom. The van der Waals surface area contributed by atoms with Gasteiger partial charge in [-0.3, -0.25) is 19.4 Å². The zero-order chi connectivity index (χ0) is 27.9. The molecule has 0 spiro atoms. The summed E-state index contributed by atoms with van der Waals surface area (Å²) in [6.07, 6.45) is 4.85. The van der Waals surface area contributed by atoms with Crippen LogP contribution in [0.3, 0.4) is 0 Å². The molecule has 1 aromatic carbocycles. The van der Waals surface area contributed by atoms with E-state index in [1.165, 1.54) is 16.7 Å². The van der Waals surface area contributed by atoms with Gasteiger partial charge in [0.2, 0.25) is 5.91 Å². The second kappa shape index (κ2) is 12.8. The van der Waals surface area contributed by atoms with Crippen molar-refractivity contribution in [2.75, 3.05) is 26.2 Å². The van der Waals surface area contributed by atoms with E-state index in [9.17, 15) is 23.9 Å². The maximum atomic E-state index is 13.6. The second-order valence-corrected chi connectivity index (χ2v) is 10.1. The number of hydrogen-bond acceptors (Lipinski definition) is 6. The molecule has 3 heterocycles. The van der Waals surface area contributed by atoms with Gasteiger partial charge in [0.1, 0.15) is 16.9 Å². The number of rotatable bonds is 11. The van der Waals surface area contributed by atoms with Crippen molar-refractivity contribution in [3.63, 3.8) is 0 Å². The molecular formula is C29H35FN4O5. The first-order valence-electron chi connectivity index (χ1n) is 13.4. The van der Waals surface area contributed by atoms with Crippen LogP contribution in [0.15, 0.2) is 41.3 Å². The second-order valence-electron chi connectivity index (χ2n) is 10.1. The van der Waals surface area contributed by atoms with Gasteiger partial charge in [0, 0.05) is 45.4 Å². The van der Waals surface area contributed by atoms with Gasteiger partial charge in [-0.2, -0.15) is 0 Å². The fraction of sp³-hybridized carbons (Fsp3) is 0.448. The number of piperidine rings is 1. The number of carbonyl (C=O) groups is 2. The van der Waals surface area contributed by atoms with Gasteiger partial charge < -0.3 is 24.6 Å². The number of fused-ring (bicyclic) bond motifs is 1. The van der Waals surface area contributed by atoms with Gasteiger partial charge in [0.15, 0.2) is 5.75 Å². The molecule has 0 radical (unpaired) electrons. The monoisotopic (exact) mass is 538 g/mol. The fourth-order valence-corrected chi connectivity index (χ4v) is 4.71. The van der Waals surface area contributed by atoms with Gasteiger partial charge in [0.25, 0.3) is 11.5 Å². The molecule has 0 aliphatic carbocycles. The summed E-state index contributed by atoms with van der Waals surface area (Å²) in [6.45, 7) is 5.62. The van der Waals surface area contributed by atoms with Crippen LogP contribution in [-0.2, 0) is 22.5 Å². The lowest BCUT2D eigenvalue weighted by Gasteiger charge is -2.27. The lowest BCUT2D eigenvalue weighted by atomic mass is 10.1. The van der Waals surface area contributed by atoms with Crippen molar-refractivity contribution in [2.24, 2.45) is 0 Å². The van der Waals surface area contributed by atoms with Crippen molar-refractivity contribution in [1.82, 2.24) is 19.8 Å². The number of ether oxygens (including phenoxy) is 1. The normalized spacial score (nSPS) is 13.8. The molecule has 0 saturated carbocycles. The van der Waals surface area contributed by atoms with Gasteiger partial charge in [-0.05, 0) is 68.9 Å². The topological polar surface area (TPSA) is 114 Å². The number of carbonyl (C=O) groups excluding carboxylic acids is 2. The molecular weight excluding hydrogens is 503 g/mol. The number of aromatic hydroxyl groups is 1. The number of nitrogens with one attached hydrogen (secondary N) is 1. The van der Waals surface area contributed by atoms with E-state index in [2.05, 4.69) is 10.3 Å². The number of benzene rings is 1. The molecule has 3 aromatic rings. The predicted octanol–water partition coefficient (Wildman–Crippen LogP) is 3.39. The van der Waals surface area contributed by atoms with Crippen LogP contribution in [-0.4, -0.2) is 63.7 Å². The third-order valence-corrected chi connectivity index (χ3v) is 6.76. The largest absolute Gasteiger partial charge is 0.505 e. The highest BCUT2D eigenvalue weighted by Crippen LogP contribution is 2.26. The zero-order valence-corrected chi connectivity index (χ0v) is 22.4. The Hall–Kier alpha value is -3.79. The molecule has 0 atom stereocenters. The molecule has 2 aromatic heterocycles. The van der Waals surface area contributed by atoms with Crippen LogP contribution in [0, 0.1) is 5.82 Å². The Kier molecular flexibility index (Phi) is 9.29. The van der Waals surface area contributed by atoms with Gasteiger partial charge >= 0.3 is 0 Å². The van der Waals surface area contributed by atoms with E-state index >= 15 is 0 Å². The van der Waals surface area contributed by atoms with Crippen LogP contribution in [0.2, 0.25) is 0 Å². The quantitative estimate of drug-likeness (QED) is 0.362. The van der Waals surface area contributed by atoms with Crippen molar-refractivity contribution < 1.29 is 23.8 Å². The maximum absolute atomic E-state index is 13.6. The van der Waals surface area contributed by atoms with E-state index in [4.69, 9.17) is 4.74 Å². The van der Waals surface area contributed by atoms with Crippen molar-refractivity contribution in [1.29, 1.82) is 0 Å². The predicted molar refractivity (Wildman–Crippen MR) is 145 cm³/mol. The Balaban J connectivity index is 1.67. The summed E-state index contributed by atoms with van der Waals surface area (Å²) >= 11 is 0. The highest BCUT2D eigenvalue weighted by Gasteiger charge is 2.25. The Morgan fingerprint density at radius 1 is 1.15 bits per heavy atom. The van der Waals surface area contributed by atoms with Gasteiger partial charge in [-0.25, -0.2) is 4.39 Å². The van der Waals surface area contributed by atoms with E-state index in [1.807, 2.05) is 13.8 Å². The molecule has 9 nitrogen and oxygen atoms in total. The van der Waals surface area contributed by atoms with E-state index in [0.717, 1.165) is 24.0 Å². The molecule has 2 N–H and O–H groups in total. The van der Waals surface area contributed by atoms with Crippen LogP contribution in [0.1, 0.15) is 61.0 Å². The smallest absolute Gasteiger partial charge is 0.267 e. The molecule has 0 unspecified atom stereocenters. The third-order valence-electron chi connectivity index (χ3n) is 6.76. The summed E-state index contributed by atoms with van der Waals surface area (Å²) in [5, 5.41) is 13.7. The standard InChI is InChI=1S/C29H35FN4O5/c1-19(2)39-15-5-11-31-28(37)25-27(36)26-23(17-21(18-32-26)16-20-7-9-22(30)10-8-20)34(29(25)38)14-13-33-12-4-3-6-24(33)35/h7-10,17-19,36H,3-6,11-16H2,1-2H3,(H,31,37). The average Bonchev–Trinajstić information content (AvgIpc) is 2.90. The first kappa shape index (κ1) is 28.2. The number of nitrogens with zero attached hydrogens (tertiary/aromatic N) is 3. The number of likely N-dealkylation sites (tertiary alicyclic amines) is 1. The summed E-state index contributed by atoms with van der Waals surface area (Å²) in [6, 6.07) is 7.84. The average molecular weight is 539 g/mol. The molecule has 39 heavy (non-hydrogen) atoms. The maximum Gasteiger partial charge on any atom is 0.267 e. The van der Waals surface area contributed by atoms with Crippen LogP contribution >= 0.6 is 0 Å². The van der Waals surface area contributed by atoms with Gasteiger partial charge in [-0.1, -0.05) is 12.1 Å². The highest BCUT2D eigenvalue weighted by atomic mass is 19.1. The number of aromatic nitrogens is 2. The lowest BCUT2D eigenvalue weighted by Crippen LogP contribution is -2.40. The Morgan fingerprint density at radius 2 is 1.92 bits per heavy atom. The number of halogens is 1. The summed E-state index contributed by atoms with van der Waals surface area (Å²) < 4.78 is 20.2. The SMILES string of the molecule is CC(C)OCCCNC(=O)c1c(O)c2ncc(Cc3ccc(F)cc3)cc2n(CCN2CCCCC2=O)c1=O. The van der Waals surface area contributed by atoms with Crippen molar-refractivity contribution in [3.8, 4) is 5.75 Å². The molecule has 1 fully saturated rings. The zero-order valence-electron chi connectivity index (χ0n) is 22.4. The van der Waals surface area contributed by atoms with E-state index in [-0.39, 0.29) is 42.0 Å². The van der Waals surface area contributed by atoms with Gasteiger partial charge in [0.05, 0.1) is 11.6 Å². The molecule has 2 amide bonds. The number of amides is 2. The third kappa shape index (κ3) is 7.00. The van der Waals surface area contributed by atoms with Crippen LogP contribution in [0.4, 0.5) is 4.39 Å². The summed E-state index contributed by atoms with van der Waals surface area (Å²) in [5.74, 6) is -1.47. The summed E-state index contributed by atoms with van der Waals surface area (Å²) in [5.41, 5.74) is 1.06. The minimum absolute atomic E-state index is 0.0362. The van der Waals surface area contributed by atoms with Crippen LogP contribution < -0.4 is 10.9 Å². The minimum atomic E-state index is -0.691. The first-order valence-corrected chi connectivity index (χ1v) is 13.4. The molecule has 1 aliphatic rings. The van der Waals surface area contributed by atoms with E-state index in [1.54, 1.807) is 29.3 Å². The van der Waals surface area contributed by atoms with Gasteiger partial charge in [-0.15, -0.1) is 0 Å². The van der Waals surface area contributed by atoms with E-state index < -0.39 is 17.2 Å². The Labute approximate surface area is 226 Å². The lowest BCUT2D eigenvalue weighted by molar-refractivity contribution is -0.133. The van der Waals surface area contributed by atoms with E-state index in [0.29, 0.717) is 44.5 Å². The molecule has 1 saturated heterocycles. The molecule has 0 bridgehead atoms. The highest BCUT2D eigenvalue weighted by molar-refractivity contribution is 6.01. The molecule has 1 aliphatic heterocycles. The van der Waals surface area contributed by atoms with Crippen LogP contribution in [0.25, 0.3) is 11.0 Å². The molecule has 10 heteroatoms. The first-order chi connectivity index (χ1) is 18.7. The van der Waals surface area contributed by atoms with Crippen LogP contribution in [0.5, 0.6) is 5.75 Å². The van der Waals surface area contributed by atoms with Crippen molar-refractivity contribution in [2.45, 2.75) is 58.6 Å². The van der Waals surface area contributed by atoms with Crippen molar-refractivity contribution >= 4 is 22.8 Å². The minimum Gasteiger partial charge on any atom is -0.505 e. The fourth-order valence-electron chi connectivity index (χ4n) is 4.71. The molecule has 4 rings (SSSR count). The van der Waals surface area contributed by atoms with Crippen molar-refractivity contribution in [3.05, 3.63) is 69.4 Å². The number of pyridine rings is 2. The number of hydrogen-bond donors (Lipinski definition) is 2. The Bertz CT molecular complexity index is 1390.